The average Bonchev–Trinajstić information content (AvgIpc) is 2.20. The van der Waals surface area contributed by atoms with Gasteiger partial charge in [-0.2, -0.15) is 0 Å². The highest BCUT2D eigenvalue weighted by Gasteiger charge is 2.32. The van der Waals surface area contributed by atoms with Crippen molar-refractivity contribution in [1.82, 2.24) is 10.6 Å². The van der Waals surface area contributed by atoms with Crippen LogP contribution in [-0.4, -0.2) is 42.8 Å². The Hall–Kier alpha value is -1.79. The zero-order chi connectivity index (χ0) is 13.6. The van der Waals surface area contributed by atoms with Crippen LogP contribution in [0.2, 0.25) is 0 Å². The summed E-state index contributed by atoms with van der Waals surface area (Å²) < 4.78 is 4.32. The number of rotatable bonds is 4. The number of carboxylic acid groups (broad SMARTS) is 1. The Morgan fingerprint density at radius 1 is 1.29 bits per heavy atom. The van der Waals surface area contributed by atoms with Crippen molar-refractivity contribution < 1.29 is 24.2 Å². The van der Waals surface area contributed by atoms with Gasteiger partial charge in [-0.3, -0.25) is 4.79 Å². The van der Waals surface area contributed by atoms with Crippen LogP contribution in [0, 0.1) is 5.41 Å². The number of amides is 2. The third-order valence-corrected chi connectivity index (χ3v) is 2.01. The molecule has 0 aliphatic carbocycles. The number of aliphatic carboxylic acids is 1. The van der Waals surface area contributed by atoms with E-state index in [1.54, 1.807) is 20.8 Å². The molecule has 7 heteroatoms. The lowest BCUT2D eigenvalue weighted by atomic mass is 9.87. The Kier molecular flexibility index (Phi) is 5.43. The summed E-state index contributed by atoms with van der Waals surface area (Å²) in [4.78, 5) is 33.0. The van der Waals surface area contributed by atoms with Crippen molar-refractivity contribution in [2.75, 3.05) is 13.7 Å². The van der Waals surface area contributed by atoms with Crippen LogP contribution in [0.4, 0.5) is 4.79 Å². The van der Waals surface area contributed by atoms with Crippen LogP contribution in [-0.2, 0) is 14.3 Å². The van der Waals surface area contributed by atoms with Crippen LogP contribution in [0.1, 0.15) is 20.8 Å². The van der Waals surface area contributed by atoms with Crippen LogP contribution in [0.3, 0.4) is 0 Å². The third-order valence-electron chi connectivity index (χ3n) is 2.01. The lowest BCUT2D eigenvalue weighted by Gasteiger charge is -2.27. The Bertz CT molecular complexity index is 308. The first kappa shape index (κ1) is 15.2. The summed E-state index contributed by atoms with van der Waals surface area (Å²) in [6, 6.07) is -1.77. The first-order chi connectivity index (χ1) is 7.68. The maximum Gasteiger partial charge on any atom is 0.326 e. The molecule has 0 spiro atoms. The van der Waals surface area contributed by atoms with Crippen LogP contribution < -0.4 is 10.6 Å². The van der Waals surface area contributed by atoms with Gasteiger partial charge in [0.25, 0.3) is 0 Å². The van der Waals surface area contributed by atoms with Crippen LogP contribution in [0.15, 0.2) is 0 Å². The van der Waals surface area contributed by atoms with Gasteiger partial charge in [-0.25, -0.2) is 9.59 Å². The highest BCUT2D eigenvalue weighted by molar-refractivity contribution is 5.85. The van der Waals surface area contributed by atoms with E-state index >= 15 is 0 Å². The average molecular weight is 246 g/mol. The molecule has 98 valence electrons. The van der Waals surface area contributed by atoms with Gasteiger partial charge in [0.1, 0.15) is 12.6 Å². The van der Waals surface area contributed by atoms with Gasteiger partial charge in [-0.05, 0) is 5.41 Å². The monoisotopic (exact) mass is 246 g/mol. The Balaban J connectivity index is 4.34. The molecule has 0 heterocycles. The Morgan fingerprint density at radius 3 is 2.18 bits per heavy atom. The largest absolute Gasteiger partial charge is 0.480 e. The number of ether oxygens (including phenoxy) is 1. The maximum absolute atomic E-state index is 11.3. The van der Waals surface area contributed by atoms with Crippen molar-refractivity contribution in [3.05, 3.63) is 0 Å². The molecular formula is C10H18N2O5. The highest BCUT2D eigenvalue weighted by atomic mass is 16.5. The molecule has 0 bridgehead atoms. The molecule has 0 saturated carbocycles. The molecule has 0 rings (SSSR count). The van der Waals surface area contributed by atoms with E-state index in [1.165, 1.54) is 7.11 Å². The van der Waals surface area contributed by atoms with E-state index in [-0.39, 0.29) is 6.54 Å². The van der Waals surface area contributed by atoms with Crippen LogP contribution >= 0.6 is 0 Å². The summed E-state index contributed by atoms with van der Waals surface area (Å²) >= 11 is 0. The first-order valence-electron chi connectivity index (χ1n) is 5.02. The van der Waals surface area contributed by atoms with E-state index in [0.29, 0.717) is 0 Å². The van der Waals surface area contributed by atoms with E-state index < -0.39 is 29.4 Å². The lowest BCUT2D eigenvalue weighted by molar-refractivity contribution is -0.142. The van der Waals surface area contributed by atoms with Crippen LogP contribution in [0.5, 0.6) is 0 Å². The molecule has 0 aromatic heterocycles. The predicted octanol–water partition coefficient (Wildman–Crippen LogP) is -0.0421. The Morgan fingerprint density at radius 2 is 1.82 bits per heavy atom. The smallest absolute Gasteiger partial charge is 0.326 e. The van der Waals surface area contributed by atoms with E-state index in [9.17, 15) is 14.4 Å². The van der Waals surface area contributed by atoms with Gasteiger partial charge in [0.2, 0.25) is 0 Å². The molecule has 0 radical (unpaired) electrons. The second-order valence-electron chi connectivity index (χ2n) is 4.54. The van der Waals surface area contributed by atoms with E-state index in [0.717, 1.165) is 0 Å². The van der Waals surface area contributed by atoms with Crippen molar-refractivity contribution >= 4 is 18.0 Å². The molecule has 7 nitrogen and oxygen atoms in total. The fraction of sp³-hybridized carbons (Fsp3) is 0.700. The van der Waals surface area contributed by atoms with Gasteiger partial charge in [-0.15, -0.1) is 0 Å². The summed E-state index contributed by atoms with van der Waals surface area (Å²) in [5.41, 5.74) is -0.631. The number of urea groups is 1. The van der Waals surface area contributed by atoms with Crippen molar-refractivity contribution in [1.29, 1.82) is 0 Å². The summed E-state index contributed by atoms with van der Waals surface area (Å²) in [6.07, 6.45) is 0. The molecule has 0 aromatic carbocycles. The van der Waals surface area contributed by atoms with Gasteiger partial charge in [0.15, 0.2) is 0 Å². The van der Waals surface area contributed by atoms with Crippen molar-refractivity contribution in [3.8, 4) is 0 Å². The van der Waals surface area contributed by atoms with Gasteiger partial charge < -0.3 is 20.5 Å². The molecule has 0 aliphatic rings. The number of nitrogens with one attached hydrogen (secondary N) is 2. The molecule has 0 saturated heterocycles. The SMILES string of the molecule is COC(=O)CNC(=O)NC(C(=O)O)C(C)(C)C. The zero-order valence-corrected chi connectivity index (χ0v) is 10.4. The molecule has 0 aromatic rings. The summed E-state index contributed by atoms with van der Waals surface area (Å²) in [7, 11) is 1.19. The van der Waals surface area contributed by atoms with Crippen LogP contribution in [0.25, 0.3) is 0 Å². The second-order valence-corrected chi connectivity index (χ2v) is 4.54. The normalized spacial score (nSPS) is 12.5. The van der Waals surface area contributed by atoms with Crippen molar-refractivity contribution in [3.63, 3.8) is 0 Å². The molecule has 2 amide bonds. The van der Waals surface area contributed by atoms with Gasteiger partial charge in [0.05, 0.1) is 7.11 Å². The molecule has 3 N–H and O–H groups in total. The maximum atomic E-state index is 11.3. The van der Waals surface area contributed by atoms with E-state index in [4.69, 9.17) is 5.11 Å². The number of methoxy groups -OCH3 is 1. The minimum Gasteiger partial charge on any atom is -0.480 e. The molecule has 1 unspecified atom stereocenters. The minimum absolute atomic E-state index is 0.307. The fourth-order valence-electron chi connectivity index (χ4n) is 1.06. The minimum atomic E-state index is -1.13. The Labute approximate surface area is 99.5 Å². The van der Waals surface area contributed by atoms with Crippen molar-refractivity contribution in [2.24, 2.45) is 5.41 Å². The number of hydrogen-bond donors (Lipinski definition) is 3. The zero-order valence-electron chi connectivity index (χ0n) is 10.4. The number of carbonyl (C=O) groups excluding carboxylic acids is 2. The lowest BCUT2D eigenvalue weighted by Crippen LogP contribution is -2.52. The van der Waals surface area contributed by atoms with E-state index in [1.807, 2.05) is 0 Å². The first-order valence-corrected chi connectivity index (χ1v) is 5.02. The number of esters is 1. The number of carbonyl (C=O) groups is 3. The standard InChI is InChI=1S/C10H18N2O5/c1-10(2,3)7(8(14)15)12-9(16)11-5-6(13)17-4/h7H,5H2,1-4H3,(H,14,15)(H2,11,12,16). The highest BCUT2D eigenvalue weighted by Crippen LogP contribution is 2.19. The van der Waals surface area contributed by atoms with E-state index in [2.05, 4.69) is 15.4 Å². The molecule has 17 heavy (non-hydrogen) atoms. The molecule has 0 aliphatic heterocycles. The number of carboxylic acids is 1. The third kappa shape index (κ3) is 5.74. The topological polar surface area (TPSA) is 105 Å². The molecular weight excluding hydrogens is 228 g/mol. The van der Waals surface area contributed by atoms with Gasteiger partial charge in [0, 0.05) is 0 Å². The summed E-state index contributed by atoms with van der Waals surface area (Å²) in [5.74, 6) is -1.74. The van der Waals surface area contributed by atoms with Gasteiger partial charge in [-0.1, -0.05) is 20.8 Å². The van der Waals surface area contributed by atoms with Gasteiger partial charge >= 0.3 is 18.0 Å². The molecule has 0 fully saturated rings. The summed E-state index contributed by atoms with van der Waals surface area (Å²) in [5, 5.41) is 13.4. The quantitative estimate of drug-likeness (QED) is 0.603. The number of hydrogen-bond acceptors (Lipinski definition) is 4. The van der Waals surface area contributed by atoms with Crippen molar-refractivity contribution in [2.45, 2.75) is 26.8 Å². The molecule has 1 atom stereocenters. The summed E-state index contributed by atoms with van der Waals surface area (Å²) in [6.45, 7) is 4.75. The fourth-order valence-corrected chi connectivity index (χ4v) is 1.06. The predicted molar refractivity (Wildman–Crippen MR) is 59.4 cm³/mol. The second kappa shape index (κ2) is 6.07.